The molecule has 1 amide bonds. The fourth-order valence-corrected chi connectivity index (χ4v) is 4.72. The molecular formula is C19H30N2O2Si. The van der Waals surface area contributed by atoms with Crippen molar-refractivity contribution in [3.05, 3.63) is 35.4 Å². The number of hydrogen-bond acceptors (Lipinski definition) is 3. The van der Waals surface area contributed by atoms with Gasteiger partial charge in [-0.05, 0) is 35.7 Å². The van der Waals surface area contributed by atoms with Gasteiger partial charge in [0.05, 0.1) is 12.0 Å². The highest BCUT2D eigenvalue weighted by Crippen LogP contribution is 2.44. The van der Waals surface area contributed by atoms with Gasteiger partial charge in [0.1, 0.15) is 0 Å². The van der Waals surface area contributed by atoms with Gasteiger partial charge < -0.3 is 15.1 Å². The number of benzene rings is 1. The van der Waals surface area contributed by atoms with E-state index in [0.29, 0.717) is 6.54 Å². The third kappa shape index (κ3) is 3.17. The summed E-state index contributed by atoms with van der Waals surface area (Å²) in [7, 11) is -1.95. The molecule has 2 aliphatic rings. The van der Waals surface area contributed by atoms with Gasteiger partial charge in [0, 0.05) is 19.1 Å². The van der Waals surface area contributed by atoms with Crippen LogP contribution in [0.4, 0.5) is 0 Å². The number of amides is 1. The van der Waals surface area contributed by atoms with Gasteiger partial charge in [-0.15, -0.1) is 0 Å². The molecule has 0 bridgehead atoms. The summed E-state index contributed by atoms with van der Waals surface area (Å²) in [6, 6.07) is 8.51. The Kier molecular flexibility index (Phi) is 4.62. The normalized spacial score (nSPS) is 27.7. The van der Waals surface area contributed by atoms with Crippen molar-refractivity contribution in [3.63, 3.8) is 0 Å². The van der Waals surface area contributed by atoms with E-state index in [2.05, 4.69) is 68.8 Å². The minimum atomic E-state index is -1.95. The van der Waals surface area contributed by atoms with Gasteiger partial charge in [-0.2, -0.15) is 0 Å². The van der Waals surface area contributed by atoms with Crippen LogP contribution in [0.1, 0.15) is 38.0 Å². The van der Waals surface area contributed by atoms with Crippen LogP contribution in [0.3, 0.4) is 0 Å². The zero-order chi connectivity index (χ0) is 17.5. The Hall–Kier alpha value is -1.17. The Morgan fingerprint density at radius 3 is 2.58 bits per heavy atom. The highest BCUT2D eigenvalue weighted by Gasteiger charge is 2.46. The first-order valence-electron chi connectivity index (χ1n) is 8.97. The van der Waals surface area contributed by atoms with Crippen LogP contribution in [0.25, 0.3) is 0 Å². The van der Waals surface area contributed by atoms with E-state index >= 15 is 0 Å². The highest BCUT2D eigenvalue weighted by atomic mass is 28.4. The zero-order valence-electron chi connectivity index (χ0n) is 15.5. The fraction of sp³-hybridized carbons (Fsp3) is 0.632. The lowest BCUT2D eigenvalue weighted by atomic mass is 9.78. The fourth-order valence-electron chi connectivity index (χ4n) is 3.46. The second kappa shape index (κ2) is 6.28. The molecule has 0 unspecified atom stereocenters. The average Bonchev–Trinajstić information content (AvgIpc) is 2.68. The molecule has 3 rings (SSSR count). The molecule has 4 nitrogen and oxygen atoms in total. The molecule has 0 radical (unpaired) electrons. The molecule has 2 N–H and O–H groups in total. The lowest BCUT2D eigenvalue weighted by Crippen LogP contribution is -2.52. The number of carbonyl (C=O) groups is 1. The second-order valence-electron chi connectivity index (χ2n) is 8.58. The molecule has 132 valence electrons. The molecule has 24 heavy (non-hydrogen) atoms. The largest absolute Gasteiger partial charge is 0.408 e. The van der Waals surface area contributed by atoms with Crippen LogP contribution in [-0.4, -0.2) is 33.4 Å². The molecule has 1 heterocycles. The predicted molar refractivity (Wildman–Crippen MR) is 99.5 cm³/mol. The van der Waals surface area contributed by atoms with Crippen LogP contribution in [0, 0.1) is 5.92 Å². The van der Waals surface area contributed by atoms with Gasteiger partial charge in [0.2, 0.25) is 5.91 Å². The van der Waals surface area contributed by atoms with E-state index in [1.807, 2.05) is 0 Å². The van der Waals surface area contributed by atoms with E-state index in [-0.39, 0.29) is 29.0 Å². The maximum atomic E-state index is 12.6. The molecule has 3 atom stereocenters. The SMILES string of the molecule is CC(C)(C)[Si](C)(C)O[C@@H]1c2ccccc2C[C@H]2C(=O)NCCN[C@H]12. The Labute approximate surface area is 146 Å². The van der Waals surface area contributed by atoms with E-state index in [1.54, 1.807) is 0 Å². The Balaban J connectivity index is 2.01. The minimum Gasteiger partial charge on any atom is -0.408 e. The van der Waals surface area contributed by atoms with Crippen LogP contribution in [0.5, 0.6) is 0 Å². The molecule has 5 heteroatoms. The Morgan fingerprint density at radius 2 is 1.88 bits per heavy atom. The summed E-state index contributed by atoms with van der Waals surface area (Å²) in [5.41, 5.74) is 2.51. The number of fused-ring (bicyclic) bond motifs is 2. The van der Waals surface area contributed by atoms with Crippen molar-refractivity contribution < 1.29 is 9.22 Å². The minimum absolute atomic E-state index is 0.0512. The molecule has 0 aromatic heterocycles. The number of rotatable bonds is 2. The van der Waals surface area contributed by atoms with E-state index in [4.69, 9.17) is 4.43 Å². The van der Waals surface area contributed by atoms with Crippen molar-refractivity contribution in [1.82, 2.24) is 10.6 Å². The lowest BCUT2D eigenvalue weighted by molar-refractivity contribution is -0.126. The molecule has 1 aromatic rings. The van der Waals surface area contributed by atoms with Crippen LogP contribution >= 0.6 is 0 Å². The maximum absolute atomic E-state index is 12.6. The zero-order valence-corrected chi connectivity index (χ0v) is 16.5. The second-order valence-corrected chi connectivity index (χ2v) is 13.3. The third-order valence-corrected chi connectivity index (χ3v) is 10.4. The van der Waals surface area contributed by atoms with Crippen LogP contribution in [-0.2, 0) is 15.6 Å². The van der Waals surface area contributed by atoms with Crippen molar-refractivity contribution in [2.75, 3.05) is 13.1 Å². The molecule has 1 aliphatic heterocycles. The average molecular weight is 347 g/mol. The molecule has 1 aromatic carbocycles. The van der Waals surface area contributed by atoms with Gasteiger partial charge in [-0.1, -0.05) is 45.0 Å². The van der Waals surface area contributed by atoms with Crippen molar-refractivity contribution in [3.8, 4) is 0 Å². The summed E-state index contributed by atoms with van der Waals surface area (Å²) in [6.45, 7) is 12.9. The molecule has 1 fully saturated rings. The molecule has 1 saturated heterocycles. The monoisotopic (exact) mass is 346 g/mol. The highest BCUT2D eigenvalue weighted by molar-refractivity contribution is 6.74. The number of hydrogen-bond donors (Lipinski definition) is 2. The van der Waals surface area contributed by atoms with Crippen LogP contribution in [0.15, 0.2) is 24.3 Å². The molecular weight excluding hydrogens is 316 g/mol. The number of nitrogens with one attached hydrogen (secondary N) is 2. The lowest BCUT2D eigenvalue weighted by Gasteiger charge is -2.45. The summed E-state index contributed by atoms with van der Waals surface area (Å²) in [4.78, 5) is 12.6. The Morgan fingerprint density at radius 1 is 1.17 bits per heavy atom. The van der Waals surface area contributed by atoms with E-state index in [9.17, 15) is 4.79 Å². The molecule has 1 aliphatic carbocycles. The first kappa shape index (κ1) is 17.6. The summed E-state index contributed by atoms with van der Waals surface area (Å²) >= 11 is 0. The molecule has 0 saturated carbocycles. The van der Waals surface area contributed by atoms with E-state index in [1.165, 1.54) is 11.1 Å². The van der Waals surface area contributed by atoms with Crippen molar-refractivity contribution >= 4 is 14.2 Å². The van der Waals surface area contributed by atoms with Crippen LogP contribution in [0.2, 0.25) is 18.1 Å². The topological polar surface area (TPSA) is 50.4 Å². The summed E-state index contributed by atoms with van der Waals surface area (Å²) in [5.74, 6) is 0.0977. The van der Waals surface area contributed by atoms with Crippen molar-refractivity contribution in [2.45, 2.75) is 57.5 Å². The quantitative estimate of drug-likeness (QED) is 0.810. The number of carbonyl (C=O) groups excluding carboxylic acids is 1. The van der Waals surface area contributed by atoms with E-state index in [0.717, 1.165) is 13.0 Å². The summed E-state index contributed by atoms with van der Waals surface area (Å²) in [5, 5.41) is 6.78. The van der Waals surface area contributed by atoms with Gasteiger partial charge in [0.25, 0.3) is 0 Å². The summed E-state index contributed by atoms with van der Waals surface area (Å²) < 4.78 is 6.84. The first-order valence-corrected chi connectivity index (χ1v) is 11.9. The van der Waals surface area contributed by atoms with Gasteiger partial charge in [-0.25, -0.2) is 0 Å². The third-order valence-electron chi connectivity index (χ3n) is 5.93. The molecule has 0 spiro atoms. The van der Waals surface area contributed by atoms with Crippen molar-refractivity contribution in [2.24, 2.45) is 5.92 Å². The first-order chi connectivity index (χ1) is 11.2. The van der Waals surface area contributed by atoms with Gasteiger partial charge in [0.15, 0.2) is 8.32 Å². The van der Waals surface area contributed by atoms with Gasteiger partial charge in [-0.3, -0.25) is 4.79 Å². The predicted octanol–water partition coefficient (Wildman–Crippen LogP) is 3.01. The van der Waals surface area contributed by atoms with E-state index < -0.39 is 8.32 Å². The maximum Gasteiger partial charge on any atom is 0.225 e. The van der Waals surface area contributed by atoms with Crippen molar-refractivity contribution in [1.29, 1.82) is 0 Å². The Bertz CT molecular complexity index is 624. The van der Waals surface area contributed by atoms with Crippen LogP contribution < -0.4 is 10.6 Å². The standard InChI is InChI=1S/C19H30N2O2Si/c1-19(2,3)24(4,5)23-17-14-9-7-6-8-13(14)12-15-16(17)20-10-11-21-18(15)22/h6-9,15-17,20H,10-12H2,1-5H3,(H,21,22)/t15-,16+,17-/m1/s1. The van der Waals surface area contributed by atoms with Gasteiger partial charge >= 0.3 is 0 Å². The smallest absolute Gasteiger partial charge is 0.225 e. The summed E-state index contributed by atoms with van der Waals surface area (Å²) in [6.07, 6.45) is 0.738.